The lowest BCUT2D eigenvalue weighted by Crippen LogP contribution is -2.44. The third kappa shape index (κ3) is 6.30. The fourth-order valence-corrected chi connectivity index (χ4v) is 2.76. The van der Waals surface area contributed by atoms with Gasteiger partial charge >= 0.3 is 0 Å². The molecule has 2 aromatic heterocycles. The van der Waals surface area contributed by atoms with Crippen molar-refractivity contribution in [3.8, 4) is 0 Å². The third-order valence-electron chi connectivity index (χ3n) is 4.73. The highest BCUT2D eigenvalue weighted by atomic mass is 127. The molecule has 1 atom stereocenters. The Bertz CT molecular complexity index is 965. The average Bonchev–Trinajstić information content (AvgIpc) is 3.29. The van der Waals surface area contributed by atoms with Crippen molar-refractivity contribution in [2.75, 3.05) is 6.54 Å². The highest BCUT2D eigenvalue weighted by Gasteiger charge is 2.27. The van der Waals surface area contributed by atoms with Crippen molar-refractivity contribution in [2.45, 2.75) is 39.5 Å². The number of halogens is 1. The first-order valence-electron chi connectivity index (χ1n) is 9.55. The molecule has 3 N–H and O–H groups in total. The van der Waals surface area contributed by atoms with Gasteiger partial charge in [-0.2, -0.15) is 0 Å². The lowest BCUT2D eigenvalue weighted by atomic mass is 10.0. The summed E-state index contributed by atoms with van der Waals surface area (Å²) in [7, 11) is 1.92. The van der Waals surface area contributed by atoms with Gasteiger partial charge in [-0.3, -0.25) is 0 Å². The second-order valence-corrected chi connectivity index (χ2v) is 7.26. The van der Waals surface area contributed by atoms with Crippen LogP contribution in [0, 0.1) is 13.8 Å². The van der Waals surface area contributed by atoms with E-state index >= 15 is 0 Å². The summed E-state index contributed by atoms with van der Waals surface area (Å²) in [5.41, 5.74) is -0.0818. The van der Waals surface area contributed by atoms with Crippen LogP contribution in [0.2, 0.25) is 0 Å². The molecule has 8 nitrogen and oxygen atoms in total. The van der Waals surface area contributed by atoms with Gasteiger partial charge in [-0.05, 0) is 38.5 Å². The summed E-state index contributed by atoms with van der Waals surface area (Å²) in [4.78, 5) is 4.64. The fourth-order valence-electron chi connectivity index (χ4n) is 2.76. The monoisotopic (exact) mass is 524 g/mol. The van der Waals surface area contributed by atoms with Gasteiger partial charge < -0.3 is 24.7 Å². The molecule has 0 saturated heterocycles. The number of nitrogens with zero attached hydrogens (tertiary/aromatic N) is 4. The van der Waals surface area contributed by atoms with E-state index in [0.717, 1.165) is 23.0 Å². The molecule has 162 valence electrons. The van der Waals surface area contributed by atoms with Crippen LogP contribution in [0.4, 0.5) is 0 Å². The van der Waals surface area contributed by atoms with Crippen LogP contribution in [0.15, 0.2) is 51.9 Å². The molecule has 1 unspecified atom stereocenters. The quantitative estimate of drug-likeness (QED) is 0.250. The molecule has 9 heteroatoms. The molecule has 2 heterocycles. The molecule has 0 spiro atoms. The molecule has 0 amide bonds. The van der Waals surface area contributed by atoms with Crippen molar-refractivity contribution in [1.29, 1.82) is 0 Å². The van der Waals surface area contributed by atoms with Gasteiger partial charge in [0.25, 0.3) is 0 Å². The Morgan fingerprint density at radius 2 is 1.87 bits per heavy atom. The highest BCUT2D eigenvalue weighted by Crippen LogP contribution is 2.21. The third-order valence-corrected chi connectivity index (χ3v) is 4.73. The van der Waals surface area contributed by atoms with Gasteiger partial charge in [0.1, 0.15) is 22.9 Å². The van der Waals surface area contributed by atoms with E-state index in [1.54, 1.807) is 13.0 Å². The molecular weight excluding hydrogens is 495 g/mol. The maximum Gasteiger partial charge on any atom is 0.192 e. The van der Waals surface area contributed by atoms with Crippen LogP contribution < -0.4 is 10.6 Å². The first-order chi connectivity index (χ1) is 13.8. The Kier molecular flexibility index (Phi) is 8.42. The zero-order chi connectivity index (χ0) is 20.9. The Labute approximate surface area is 193 Å². The van der Waals surface area contributed by atoms with Crippen LogP contribution in [0.1, 0.15) is 35.7 Å². The lowest BCUT2D eigenvalue weighted by molar-refractivity contribution is 0.0377. The molecule has 1 aromatic carbocycles. The second-order valence-electron chi connectivity index (χ2n) is 7.26. The summed E-state index contributed by atoms with van der Waals surface area (Å²) in [5, 5.41) is 25.5. The summed E-state index contributed by atoms with van der Waals surface area (Å²) in [5.74, 6) is 3.47. The topological polar surface area (TPSA) is 100 Å². The van der Waals surface area contributed by atoms with Gasteiger partial charge in [0.15, 0.2) is 11.8 Å². The zero-order valence-corrected chi connectivity index (χ0v) is 20.0. The molecule has 3 aromatic rings. The van der Waals surface area contributed by atoms with E-state index in [1.807, 2.05) is 61.9 Å². The molecule has 0 aliphatic rings. The van der Waals surface area contributed by atoms with Gasteiger partial charge in [0.05, 0.1) is 19.6 Å². The minimum atomic E-state index is -1.18. The number of nitrogens with one attached hydrogen (secondary N) is 2. The Balaban J connectivity index is 0.00000320. The van der Waals surface area contributed by atoms with Crippen molar-refractivity contribution < 1.29 is 9.52 Å². The number of rotatable bonds is 7. The van der Waals surface area contributed by atoms with Crippen molar-refractivity contribution in [3.05, 3.63) is 71.2 Å². The van der Waals surface area contributed by atoms with Gasteiger partial charge in [0, 0.05) is 7.05 Å². The molecule has 30 heavy (non-hydrogen) atoms. The highest BCUT2D eigenvalue weighted by molar-refractivity contribution is 14.0. The van der Waals surface area contributed by atoms with Crippen LogP contribution >= 0.6 is 24.0 Å². The fraction of sp³-hybridized carbons (Fsp3) is 0.381. The number of aryl methyl sites for hydroxylation is 2. The number of aliphatic hydroxyl groups is 1. The molecule has 0 aliphatic heterocycles. The van der Waals surface area contributed by atoms with Crippen LogP contribution in [-0.4, -0.2) is 32.4 Å². The molecular formula is C21H29IN6O2. The minimum absolute atomic E-state index is 0. The van der Waals surface area contributed by atoms with Crippen LogP contribution in [0.5, 0.6) is 0 Å². The summed E-state index contributed by atoms with van der Waals surface area (Å²) in [6.07, 6.45) is 0. The normalized spacial score (nSPS) is 13.4. The predicted octanol–water partition coefficient (Wildman–Crippen LogP) is 2.79. The summed E-state index contributed by atoms with van der Waals surface area (Å²) < 4.78 is 7.51. The number of benzene rings is 1. The Hall–Kier alpha value is -2.40. The predicted molar refractivity (Wildman–Crippen MR) is 127 cm³/mol. The van der Waals surface area contributed by atoms with Crippen molar-refractivity contribution >= 4 is 29.9 Å². The summed E-state index contributed by atoms with van der Waals surface area (Å²) >= 11 is 0. The van der Waals surface area contributed by atoms with Crippen molar-refractivity contribution in [1.82, 2.24) is 25.4 Å². The first-order valence-corrected chi connectivity index (χ1v) is 9.55. The Morgan fingerprint density at radius 1 is 1.13 bits per heavy atom. The smallest absolute Gasteiger partial charge is 0.192 e. The van der Waals surface area contributed by atoms with Gasteiger partial charge in [0.2, 0.25) is 0 Å². The Morgan fingerprint density at radius 3 is 2.47 bits per heavy atom. The SMILES string of the molecule is Cc1ccc(C(C)(O)CNC(=NCc2ccccc2)NCc2nnc(C)n2C)o1.I. The van der Waals surface area contributed by atoms with Crippen LogP contribution in [-0.2, 0) is 25.7 Å². The standard InChI is InChI=1S/C21H28N6O2.HI/c1-15-10-11-18(29-15)21(3,28)14-24-20(22-12-17-8-6-5-7-9-17)23-13-19-26-25-16(2)27(19)4;/h5-11,28H,12-14H2,1-4H3,(H2,22,23,24);1H. The number of hydrogen-bond donors (Lipinski definition) is 3. The van der Waals surface area contributed by atoms with Gasteiger partial charge in [-0.15, -0.1) is 34.2 Å². The largest absolute Gasteiger partial charge is 0.463 e. The van der Waals surface area contributed by atoms with E-state index in [2.05, 4.69) is 25.8 Å². The first kappa shape index (κ1) is 23.9. The molecule has 0 bridgehead atoms. The van der Waals surface area contributed by atoms with Crippen molar-refractivity contribution in [2.24, 2.45) is 12.0 Å². The van der Waals surface area contributed by atoms with Crippen molar-refractivity contribution in [3.63, 3.8) is 0 Å². The zero-order valence-electron chi connectivity index (χ0n) is 17.7. The molecule has 0 aliphatic carbocycles. The van der Waals surface area contributed by atoms with Gasteiger partial charge in [-0.1, -0.05) is 30.3 Å². The van der Waals surface area contributed by atoms with E-state index in [-0.39, 0.29) is 30.5 Å². The van der Waals surface area contributed by atoms with E-state index < -0.39 is 5.60 Å². The van der Waals surface area contributed by atoms with Crippen LogP contribution in [0.3, 0.4) is 0 Å². The summed E-state index contributed by atoms with van der Waals surface area (Å²) in [6, 6.07) is 13.6. The van der Waals surface area contributed by atoms with E-state index in [1.165, 1.54) is 0 Å². The maximum atomic E-state index is 10.8. The second kappa shape index (κ2) is 10.6. The number of guanidine groups is 1. The molecule has 0 fully saturated rings. The summed E-state index contributed by atoms with van der Waals surface area (Å²) in [6.45, 7) is 6.67. The number of aromatic nitrogens is 3. The number of hydrogen-bond acceptors (Lipinski definition) is 5. The lowest BCUT2D eigenvalue weighted by Gasteiger charge is -2.23. The number of furan rings is 1. The molecule has 0 saturated carbocycles. The van der Waals surface area contributed by atoms with Gasteiger partial charge in [-0.25, -0.2) is 4.99 Å². The van der Waals surface area contributed by atoms with E-state index in [9.17, 15) is 5.11 Å². The molecule has 0 radical (unpaired) electrons. The average molecular weight is 524 g/mol. The van der Waals surface area contributed by atoms with E-state index in [0.29, 0.717) is 24.8 Å². The maximum absolute atomic E-state index is 10.8. The van der Waals surface area contributed by atoms with Crippen LogP contribution in [0.25, 0.3) is 0 Å². The number of aliphatic imine (C=N–C) groups is 1. The van der Waals surface area contributed by atoms with E-state index in [4.69, 9.17) is 4.42 Å². The minimum Gasteiger partial charge on any atom is -0.463 e. The molecule has 3 rings (SSSR count).